The number of carbonyl (C=O) groups is 1. The zero-order chi connectivity index (χ0) is 11.1. The van der Waals surface area contributed by atoms with Gasteiger partial charge in [0.25, 0.3) is 0 Å². The predicted molar refractivity (Wildman–Crippen MR) is 64.9 cm³/mol. The minimum absolute atomic E-state index is 0.117. The molecule has 1 aliphatic carbocycles. The average molecular weight is 267 g/mol. The van der Waals surface area contributed by atoms with E-state index in [4.69, 9.17) is 0 Å². The quantitative estimate of drug-likeness (QED) is 0.793. The van der Waals surface area contributed by atoms with Crippen LogP contribution in [0.15, 0.2) is 28.7 Å². The first kappa shape index (κ1) is 10.9. The summed E-state index contributed by atoms with van der Waals surface area (Å²) in [5.74, 6) is 0.834. The molecule has 0 saturated heterocycles. The highest BCUT2D eigenvalue weighted by Crippen LogP contribution is 2.51. The number of benzene rings is 1. The molecule has 2 rings (SSSR count). The van der Waals surface area contributed by atoms with Crippen LogP contribution in [0, 0.1) is 5.41 Å². The van der Waals surface area contributed by atoms with E-state index in [2.05, 4.69) is 41.9 Å². The van der Waals surface area contributed by atoms with Gasteiger partial charge in [0.15, 0.2) is 0 Å². The molecular weight excluding hydrogens is 252 g/mol. The number of rotatable bonds is 2. The van der Waals surface area contributed by atoms with Crippen molar-refractivity contribution in [2.75, 3.05) is 0 Å². The van der Waals surface area contributed by atoms with Gasteiger partial charge in [0, 0.05) is 22.2 Å². The van der Waals surface area contributed by atoms with Crippen LogP contribution in [0.5, 0.6) is 0 Å². The highest BCUT2D eigenvalue weighted by Gasteiger charge is 2.49. The molecule has 15 heavy (non-hydrogen) atoms. The lowest BCUT2D eigenvalue weighted by molar-refractivity contribution is -0.139. The molecule has 1 nitrogen and oxygen atoms in total. The van der Waals surface area contributed by atoms with Crippen LogP contribution in [0.1, 0.15) is 38.2 Å². The first-order valence-corrected chi connectivity index (χ1v) is 6.16. The molecule has 80 valence electrons. The summed E-state index contributed by atoms with van der Waals surface area (Å²) >= 11 is 3.43. The van der Waals surface area contributed by atoms with Gasteiger partial charge in [-0.05, 0) is 24.1 Å². The molecule has 1 fully saturated rings. The maximum absolute atomic E-state index is 11.6. The second-order valence-corrected chi connectivity index (χ2v) is 5.42. The highest BCUT2D eigenvalue weighted by molar-refractivity contribution is 9.10. The molecule has 1 saturated carbocycles. The summed E-state index contributed by atoms with van der Waals surface area (Å²) in [6.07, 6.45) is 1.65. The third kappa shape index (κ3) is 1.65. The van der Waals surface area contributed by atoms with Crippen LogP contribution in [0.4, 0.5) is 0 Å². The zero-order valence-electron chi connectivity index (χ0n) is 9.09. The Bertz CT molecular complexity index is 382. The van der Waals surface area contributed by atoms with Gasteiger partial charge in [-0.15, -0.1) is 0 Å². The fraction of sp³-hybridized carbons (Fsp3) is 0.462. The molecule has 1 aromatic carbocycles. The van der Waals surface area contributed by atoms with E-state index in [0.717, 1.165) is 10.9 Å². The number of ketones is 1. The topological polar surface area (TPSA) is 17.1 Å². The molecule has 1 aliphatic rings. The molecule has 0 spiro atoms. The van der Waals surface area contributed by atoms with E-state index in [1.165, 1.54) is 5.56 Å². The van der Waals surface area contributed by atoms with Gasteiger partial charge in [0.1, 0.15) is 5.78 Å². The van der Waals surface area contributed by atoms with E-state index in [1.807, 2.05) is 12.1 Å². The van der Waals surface area contributed by atoms with Crippen molar-refractivity contribution in [2.24, 2.45) is 5.41 Å². The molecule has 0 bridgehead atoms. The monoisotopic (exact) mass is 266 g/mol. The van der Waals surface area contributed by atoms with Crippen LogP contribution in [0.25, 0.3) is 0 Å². The lowest BCUT2D eigenvalue weighted by atomic mass is 9.56. The number of carbonyl (C=O) groups excluding carboxylic acids is 1. The highest BCUT2D eigenvalue weighted by atomic mass is 79.9. The van der Waals surface area contributed by atoms with Crippen LogP contribution in [-0.4, -0.2) is 5.78 Å². The van der Waals surface area contributed by atoms with Crippen molar-refractivity contribution in [2.45, 2.75) is 32.6 Å². The Morgan fingerprint density at radius 1 is 1.40 bits per heavy atom. The summed E-state index contributed by atoms with van der Waals surface area (Å²) in [5.41, 5.74) is 1.18. The fourth-order valence-electron chi connectivity index (χ4n) is 2.33. The van der Waals surface area contributed by atoms with Gasteiger partial charge in [-0.25, -0.2) is 0 Å². The van der Waals surface area contributed by atoms with Gasteiger partial charge in [-0.3, -0.25) is 4.79 Å². The van der Waals surface area contributed by atoms with E-state index in [0.29, 0.717) is 18.1 Å². The Morgan fingerprint density at radius 3 is 2.47 bits per heavy atom. The lowest BCUT2D eigenvalue weighted by Crippen LogP contribution is -2.45. The lowest BCUT2D eigenvalue weighted by Gasteiger charge is -2.45. The summed E-state index contributed by atoms with van der Waals surface area (Å²) in [5, 5.41) is 0. The molecule has 2 atom stereocenters. The van der Waals surface area contributed by atoms with Crippen molar-refractivity contribution in [1.29, 1.82) is 0 Å². The maximum Gasteiger partial charge on any atom is 0.140 e. The molecule has 0 radical (unpaired) electrons. The maximum atomic E-state index is 11.6. The predicted octanol–water partition coefficient (Wildman–Crippen LogP) is 3.92. The summed E-state index contributed by atoms with van der Waals surface area (Å²) in [7, 11) is 0. The van der Waals surface area contributed by atoms with Crippen molar-refractivity contribution in [1.82, 2.24) is 0 Å². The van der Waals surface area contributed by atoms with Crippen molar-refractivity contribution in [3.8, 4) is 0 Å². The van der Waals surface area contributed by atoms with Crippen LogP contribution in [0.2, 0.25) is 0 Å². The molecule has 0 heterocycles. The summed E-state index contributed by atoms with van der Waals surface area (Å²) < 4.78 is 1.09. The largest absolute Gasteiger partial charge is 0.299 e. The molecule has 1 aromatic rings. The Kier molecular flexibility index (Phi) is 2.72. The van der Waals surface area contributed by atoms with Crippen molar-refractivity contribution >= 4 is 21.7 Å². The fourth-order valence-corrected chi connectivity index (χ4v) is 2.60. The minimum Gasteiger partial charge on any atom is -0.299 e. The van der Waals surface area contributed by atoms with Crippen molar-refractivity contribution < 1.29 is 4.79 Å². The second kappa shape index (κ2) is 3.75. The van der Waals surface area contributed by atoms with Crippen LogP contribution in [0.3, 0.4) is 0 Å². The van der Waals surface area contributed by atoms with Crippen molar-refractivity contribution in [3.05, 3.63) is 34.3 Å². The summed E-state index contributed by atoms with van der Waals surface area (Å²) in [6, 6.07) is 8.34. The van der Waals surface area contributed by atoms with Crippen LogP contribution < -0.4 is 0 Å². The molecule has 2 heteroatoms. The summed E-state index contributed by atoms with van der Waals surface area (Å²) in [6.45, 7) is 4.19. The average Bonchev–Trinajstić information content (AvgIpc) is 2.26. The Labute approximate surface area is 99.0 Å². The van der Waals surface area contributed by atoms with E-state index in [1.54, 1.807) is 0 Å². The third-order valence-electron chi connectivity index (χ3n) is 3.80. The van der Waals surface area contributed by atoms with Gasteiger partial charge in [-0.1, -0.05) is 41.9 Å². The Morgan fingerprint density at radius 2 is 2.00 bits per heavy atom. The Hall–Kier alpha value is -0.630. The van der Waals surface area contributed by atoms with Gasteiger partial charge in [0.05, 0.1) is 0 Å². The molecular formula is C13H15BrO. The molecule has 0 aromatic heterocycles. The minimum atomic E-state index is -0.117. The smallest absolute Gasteiger partial charge is 0.140 e. The van der Waals surface area contributed by atoms with Gasteiger partial charge in [-0.2, -0.15) is 0 Å². The first-order chi connectivity index (χ1) is 7.08. The number of hydrogen-bond acceptors (Lipinski definition) is 1. The normalized spacial score (nSPS) is 30.1. The first-order valence-electron chi connectivity index (χ1n) is 5.36. The van der Waals surface area contributed by atoms with Crippen LogP contribution in [-0.2, 0) is 4.79 Å². The summed E-state index contributed by atoms with van der Waals surface area (Å²) in [4.78, 5) is 11.6. The standard InChI is InChI=1S/C13H15BrO/c1-3-13(2)11(8-12(13)15)9-4-6-10(14)7-5-9/h4-7,11H,3,8H2,1-2H3. The SMILES string of the molecule is CCC1(C)C(=O)CC1c1ccc(Br)cc1. The number of hydrogen-bond donors (Lipinski definition) is 0. The molecule has 0 N–H and O–H groups in total. The Balaban J connectivity index is 2.26. The third-order valence-corrected chi connectivity index (χ3v) is 4.33. The van der Waals surface area contributed by atoms with E-state index < -0.39 is 0 Å². The number of halogens is 1. The molecule has 2 unspecified atom stereocenters. The molecule has 0 aliphatic heterocycles. The van der Waals surface area contributed by atoms with E-state index in [-0.39, 0.29) is 5.41 Å². The van der Waals surface area contributed by atoms with Gasteiger partial charge >= 0.3 is 0 Å². The molecule has 0 amide bonds. The van der Waals surface area contributed by atoms with Crippen molar-refractivity contribution in [3.63, 3.8) is 0 Å². The van der Waals surface area contributed by atoms with Gasteiger partial charge < -0.3 is 0 Å². The zero-order valence-corrected chi connectivity index (χ0v) is 10.7. The van der Waals surface area contributed by atoms with Crippen LogP contribution >= 0.6 is 15.9 Å². The van der Waals surface area contributed by atoms with E-state index in [9.17, 15) is 4.79 Å². The van der Waals surface area contributed by atoms with E-state index >= 15 is 0 Å². The van der Waals surface area contributed by atoms with Gasteiger partial charge in [0.2, 0.25) is 0 Å². The second-order valence-electron chi connectivity index (χ2n) is 4.50. The number of Topliss-reactive ketones (excluding diaryl/α,β-unsaturated/α-hetero) is 1.